The lowest BCUT2D eigenvalue weighted by molar-refractivity contribution is -0.117. The number of carbonyl (C=O) groups is 1. The van der Waals surface area contributed by atoms with Crippen molar-refractivity contribution in [3.05, 3.63) is 77.2 Å². The molecular formula is C25H27N3O4S. The zero-order chi connectivity index (χ0) is 23.3. The molecule has 0 saturated heterocycles. The van der Waals surface area contributed by atoms with Gasteiger partial charge in [0.15, 0.2) is 5.76 Å². The molecule has 0 atom stereocenters. The molecule has 0 unspecified atom stereocenters. The normalized spacial score (nSPS) is 14.0. The van der Waals surface area contributed by atoms with E-state index in [-0.39, 0.29) is 16.7 Å². The van der Waals surface area contributed by atoms with Crippen LogP contribution in [0.3, 0.4) is 0 Å². The predicted octanol–water partition coefficient (Wildman–Crippen LogP) is 4.41. The Morgan fingerprint density at radius 1 is 1.09 bits per heavy atom. The van der Waals surface area contributed by atoms with E-state index in [4.69, 9.17) is 4.52 Å². The highest BCUT2D eigenvalue weighted by Gasteiger charge is 2.30. The van der Waals surface area contributed by atoms with Crippen molar-refractivity contribution in [2.45, 2.75) is 37.5 Å². The molecule has 1 fully saturated rings. The zero-order valence-electron chi connectivity index (χ0n) is 18.5. The summed E-state index contributed by atoms with van der Waals surface area (Å²) in [6, 6.07) is 16.6. The minimum Gasteiger partial charge on any atom is -0.354 e. The molecule has 0 radical (unpaired) electrons. The van der Waals surface area contributed by atoms with Crippen LogP contribution in [-0.4, -0.2) is 26.0 Å². The molecule has 1 amide bonds. The summed E-state index contributed by atoms with van der Waals surface area (Å²) in [4.78, 5) is 12.3. The van der Waals surface area contributed by atoms with Gasteiger partial charge in [-0.1, -0.05) is 53.7 Å². The van der Waals surface area contributed by atoms with Crippen molar-refractivity contribution in [3.8, 4) is 0 Å². The van der Waals surface area contributed by atoms with E-state index in [0.717, 1.165) is 31.2 Å². The quantitative estimate of drug-likeness (QED) is 0.432. The molecular weight excluding hydrogens is 438 g/mol. The number of hydrogen-bond acceptors (Lipinski definition) is 5. The van der Waals surface area contributed by atoms with Crippen molar-refractivity contribution in [2.24, 2.45) is 5.92 Å². The van der Waals surface area contributed by atoms with Crippen molar-refractivity contribution in [2.75, 3.05) is 11.9 Å². The summed E-state index contributed by atoms with van der Waals surface area (Å²) in [7, 11) is -3.57. The Morgan fingerprint density at radius 2 is 1.82 bits per heavy atom. The van der Waals surface area contributed by atoms with E-state index in [9.17, 15) is 13.2 Å². The van der Waals surface area contributed by atoms with E-state index in [1.807, 2.05) is 30.3 Å². The molecule has 4 rings (SSSR count). The van der Waals surface area contributed by atoms with Gasteiger partial charge < -0.3 is 9.84 Å². The van der Waals surface area contributed by atoms with Crippen LogP contribution in [-0.2, 0) is 21.2 Å². The summed E-state index contributed by atoms with van der Waals surface area (Å²) in [5, 5.41) is 6.82. The van der Waals surface area contributed by atoms with Crippen LogP contribution < -0.4 is 10.0 Å². The van der Waals surface area contributed by atoms with Crippen molar-refractivity contribution < 1.29 is 17.7 Å². The number of nitrogens with one attached hydrogen (secondary N) is 2. The van der Waals surface area contributed by atoms with Crippen LogP contribution in [0.1, 0.15) is 41.8 Å². The Hall–Kier alpha value is -3.23. The maximum atomic E-state index is 12.6. The summed E-state index contributed by atoms with van der Waals surface area (Å²) in [5.41, 5.74) is 3.17. The minimum atomic E-state index is -3.57. The molecule has 0 spiro atoms. The topological polar surface area (TPSA) is 101 Å². The highest BCUT2D eigenvalue weighted by molar-refractivity contribution is 7.89. The van der Waals surface area contributed by atoms with Gasteiger partial charge in [-0.25, -0.2) is 13.1 Å². The van der Waals surface area contributed by atoms with Crippen molar-refractivity contribution >= 4 is 33.8 Å². The molecule has 0 bridgehead atoms. The fourth-order valence-electron chi connectivity index (χ4n) is 3.38. The first-order chi connectivity index (χ1) is 15.9. The summed E-state index contributed by atoms with van der Waals surface area (Å²) in [6.45, 7) is 2.15. The summed E-state index contributed by atoms with van der Waals surface area (Å²) in [6.07, 6.45) is 6.87. The highest BCUT2D eigenvalue weighted by Crippen LogP contribution is 2.32. The van der Waals surface area contributed by atoms with Gasteiger partial charge in [0.2, 0.25) is 15.9 Å². The second-order valence-electron chi connectivity index (χ2n) is 8.16. The lowest BCUT2D eigenvalue weighted by atomic mass is 10.1. The number of benzene rings is 2. The molecule has 1 aliphatic rings. The third-order valence-corrected chi connectivity index (χ3v) is 6.96. The van der Waals surface area contributed by atoms with Gasteiger partial charge in [0.1, 0.15) is 11.4 Å². The molecule has 1 aromatic heterocycles. The SMILES string of the molecule is Cc1noc(/C=C\c2ccc(S(=O)(=O)NCCCc3ccccc3)cc2)c1NC(=O)C1CC1. The first-order valence-corrected chi connectivity index (χ1v) is 12.5. The molecule has 8 heteroatoms. The monoisotopic (exact) mass is 465 g/mol. The summed E-state index contributed by atoms with van der Waals surface area (Å²) >= 11 is 0. The van der Waals surface area contributed by atoms with Crippen LogP contribution in [0.4, 0.5) is 5.69 Å². The molecule has 7 nitrogen and oxygen atoms in total. The van der Waals surface area contributed by atoms with Crippen LogP contribution in [0.5, 0.6) is 0 Å². The van der Waals surface area contributed by atoms with Gasteiger partial charge in [0.05, 0.1) is 4.90 Å². The molecule has 33 heavy (non-hydrogen) atoms. The number of aryl methyl sites for hydroxylation is 2. The van der Waals surface area contributed by atoms with Crippen molar-refractivity contribution in [1.82, 2.24) is 9.88 Å². The van der Waals surface area contributed by atoms with E-state index in [2.05, 4.69) is 15.2 Å². The van der Waals surface area contributed by atoms with E-state index in [1.54, 1.807) is 43.3 Å². The Morgan fingerprint density at radius 3 is 2.52 bits per heavy atom. The second-order valence-corrected chi connectivity index (χ2v) is 9.93. The first-order valence-electron chi connectivity index (χ1n) is 11.0. The number of hydrogen-bond donors (Lipinski definition) is 2. The summed E-state index contributed by atoms with van der Waals surface area (Å²) in [5.74, 6) is 0.526. The number of rotatable bonds is 10. The van der Waals surface area contributed by atoms with E-state index in [0.29, 0.717) is 23.7 Å². The highest BCUT2D eigenvalue weighted by atomic mass is 32.2. The smallest absolute Gasteiger partial charge is 0.240 e. The number of sulfonamides is 1. The fourth-order valence-corrected chi connectivity index (χ4v) is 4.46. The maximum absolute atomic E-state index is 12.6. The molecule has 1 saturated carbocycles. The van der Waals surface area contributed by atoms with Gasteiger partial charge in [-0.15, -0.1) is 0 Å². The molecule has 1 heterocycles. The van der Waals surface area contributed by atoms with Crippen LogP contribution in [0, 0.1) is 12.8 Å². The molecule has 0 aliphatic heterocycles. The van der Waals surface area contributed by atoms with Crippen molar-refractivity contribution in [3.63, 3.8) is 0 Å². The number of amides is 1. The second kappa shape index (κ2) is 10.1. The van der Waals surface area contributed by atoms with Gasteiger partial charge in [-0.3, -0.25) is 4.79 Å². The van der Waals surface area contributed by atoms with Crippen LogP contribution in [0.25, 0.3) is 12.2 Å². The molecule has 2 aromatic carbocycles. The molecule has 172 valence electrons. The van der Waals surface area contributed by atoms with Gasteiger partial charge in [-0.05, 0) is 61.9 Å². The zero-order valence-corrected chi connectivity index (χ0v) is 19.3. The van der Waals surface area contributed by atoms with Gasteiger partial charge in [-0.2, -0.15) is 0 Å². The average Bonchev–Trinajstić information content (AvgIpc) is 3.62. The Bertz CT molecular complexity index is 1230. The van der Waals surface area contributed by atoms with E-state index < -0.39 is 10.0 Å². The van der Waals surface area contributed by atoms with Crippen LogP contribution in [0.2, 0.25) is 0 Å². The van der Waals surface area contributed by atoms with Gasteiger partial charge in [0.25, 0.3) is 0 Å². The third-order valence-electron chi connectivity index (χ3n) is 5.48. The van der Waals surface area contributed by atoms with Gasteiger partial charge >= 0.3 is 0 Å². The summed E-state index contributed by atoms with van der Waals surface area (Å²) < 4.78 is 33.1. The Balaban J connectivity index is 1.34. The average molecular weight is 466 g/mol. The minimum absolute atomic E-state index is 0.0122. The third kappa shape index (κ3) is 6.18. The van der Waals surface area contributed by atoms with E-state index >= 15 is 0 Å². The fraction of sp³-hybridized carbons (Fsp3) is 0.280. The lowest BCUT2D eigenvalue weighted by Gasteiger charge is -2.07. The standard InChI is InChI=1S/C25H27N3O4S/c1-18-24(27-25(29)21-12-13-21)23(32-28-18)16-11-20-9-14-22(15-10-20)33(30,31)26-17-5-8-19-6-3-2-4-7-19/h2-4,6-7,9-11,14-16,21,26H,5,8,12-13,17H2,1H3,(H,27,29)/b16-11-. The molecule has 1 aliphatic carbocycles. The van der Waals surface area contributed by atoms with Crippen LogP contribution >= 0.6 is 0 Å². The Kier molecular flexibility index (Phi) is 7.05. The number of nitrogens with zero attached hydrogens (tertiary/aromatic N) is 1. The lowest BCUT2D eigenvalue weighted by Crippen LogP contribution is -2.25. The van der Waals surface area contributed by atoms with Gasteiger partial charge in [0, 0.05) is 12.5 Å². The number of aromatic nitrogens is 1. The predicted molar refractivity (Wildman–Crippen MR) is 128 cm³/mol. The first kappa shape index (κ1) is 22.9. The molecule has 2 N–H and O–H groups in total. The Labute approximate surface area is 193 Å². The van der Waals surface area contributed by atoms with Crippen molar-refractivity contribution in [1.29, 1.82) is 0 Å². The maximum Gasteiger partial charge on any atom is 0.240 e. The van der Waals surface area contributed by atoms with Crippen LogP contribution in [0.15, 0.2) is 64.0 Å². The van der Waals surface area contributed by atoms with E-state index in [1.165, 1.54) is 5.56 Å². The number of anilines is 1. The largest absolute Gasteiger partial charge is 0.354 e. The molecule has 3 aromatic rings. The number of carbonyl (C=O) groups excluding carboxylic acids is 1.